The van der Waals surface area contributed by atoms with Crippen LogP contribution < -0.4 is 15.4 Å². The maximum atomic E-state index is 12.0. The Labute approximate surface area is 180 Å². The number of hydrogen-bond acceptors (Lipinski definition) is 6. The standard InChI is InChI=1S/C23H26N2O6/c1-3-30-20-8-5-4-7-19(20)25-22(28)15-31-23(29)10-6-9-21(27)24-18-13-11-17(12-14-18)16(2)26/h4-5,7-8,11-14H,3,6,9-10,15H2,1-2H3,(H,24,27)(H,25,28). The van der Waals surface area contributed by atoms with Crippen LogP contribution in [-0.4, -0.2) is 36.8 Å². The quantitative estimate of drug-likeness (QED) is 0.420. The summed E-state index contributed by atoms with van der Waals surface area (Å²) in [6.45, 7) is 3.34. The highest BCUT2D eigenvalue weighted by Gasteiger charge is 2.11. The lowest BCUT2D eigenvalue weighted by atomic mass is 10.1. The van der Waals surface area contributed by atoms with Gasteiger partial charge in [-0.05, 0) is 56.7 Å². The molecule has 0 bridgehead atoms. The van der Waals surface area contributed by atoms with Crippen molar-refractivity contribution in [2.45, 2.75) is 33.1 Å². The third kappa shape index (κ3) is 8.30. The minimum Gasteiger partial charge on any atom is -0.492 e. The van der Waals surface area contributed by atoms with Crippen molar-refractivity contribution < 1.29 is 28.7 Å². The molecule has 0 saturated carbocycles. The van der Waals surface area contributed by atoms with E-state index in [0.29, 0.717) is 29.3 Å². The summed E-state index contributed by atoms with van der Waals surface area (Å²) in [7, 11) is 0. The zero-order chi connectivity index (χ0) is 22.6. The number of carbonyl (C=O) groups is 4. The van der Waals surface area contributed by atoms with Crippen molar-refractivity contribution in [2.24, 2.45) is 0 Å². The van der Waals surface area contributed by atoms with Crippen LogP contribution in [0.25, 0.3) is 0 Å². The molecule has 31 heavy (non-hydrogen) atoms. The highest BCUT2D eigenvalue weighted by Crippen LogP contribution is 2.23. The summed E-state index contributed by atoms with van der Waals surface area (Å²) in [6, 6.07) is 13.5. The van der Waals surface area contributed by atoms with Gasteiger partial charge in [-0.3, -0.25) is 19.2 Å². The summed E-state index contributed by atoms with van der Waals surface area (Å²) in [6.07, 6.45) is 0.419. The number of ether oxygens (including phenoxy) is 2. The Hall–Kier alpha value is -3.68. The minimum atomic E-state index is -0.563. The fourth-order valence-corrected chi connectivity index (χ4v) is 2.66. The monoisotopic (exact) mass is 426 g/mol. The summed E-state index contributed by atoms with van der Waals surface area (Å²) >= 11 is 0. The van der Waals surface area contributed by atoms with E-state index in [2.05, 4.69) is 10.6 Å². The molecule has 8 nitrogen and oxygen atoms in total. The van der Waals surface area contributed by atoms with Gasteiger partial charge in [0.25, 0.3) is 5.91 Å². The zero-order valence-electron chi connectivity index (χ0n) is 17.6. The molecule has 164 valence electrons. The summed E-state index contributed by atoms with van der Waals surface area (Å²) in [5, 5.41) is 5.33. The largest absolute Gasteiger partial charge is 0.492 e. The molecule has 0 aliphatic carbocycles. The molecule has 2 N–H and O–H groups in total. The van der Waals surface area contributed by atoms with Gasteiger partial charge >= 0.3 is 5.97 Å². The van der Waals surface area contributed by atoms with E-state index >= 15 is 0 Å². The van der Waals surface area contributed by atoms with Crippen LogP contribution in [-0.2, 0) is 19.1 Å². The maximum Gasteiger partial charge on any atom is 0.306 e. The Bertz CT molecular complexity index is 924. The van der Waals surface area contributed by atoms with E-state index in [1.165, 1.54) is 6.92 Å². The Kier molecular flexibility index (Phi) is 9.22. The van der Waals surface area contributed by atoms with Crippen LogP contribution in [0.4, 0.5) is 11.4 Å². The van der Waals surface area contributed by atoms with E-state index in [1.54, 1.807) is 48.5 Å². The zero-order valence-corrected chi connectivity index (χ0v) is 17.6. The lowest BCUT2D eigenvalue weighted by molar-refractivity contribution is -0.147. The molecule has 0 radical (unpaired) electrons. The van der Waals surface area contributed by atoms with E-state index in [0.717, 1.165) is 0 Å². The normalized spacial score (nSPS) is 10.1. The first-order valence-electron chi connectivity index (χ1n) is 9.97. The number of anilines is 2. The molecule has 2 aromatic rings. The van der Waals surface area contributed by atoms with Crippen molar-refractivity contribution in [3.8, 4) is 5.75 Å². The van der Waals surface area contributed by atoms with E-state index in [-0.39, 0.29) is 31.0 Å². The third-order valence-electron chi connectivity index (χ3n) is 4.19. The number of para-hydroxylation sites is 2. The van der Waals surface area contributed by atoms with Crippen molar-refractivity contribution in [3.63, 3.8) is 0 Å². The topological polar surface area (TPSA) is 111 Å². The van der Waals surface area contributed by atoms with Crippen LogP contribution in [0.1, 0.15) is 43.5 Å². The van der Waals surface area contributed by atoms with Gasteiger partial charge in [-0.15, -0.1) is 0 Å². The molecule has 2 rings (SSSR count). The molecule has 2 amide bonds. The molecule has 0 aliphatic rings. The summed E-state index contributed by atoms with van der Waals surface area (Å²) < 4.78 is 10.4. The first-order chi connectivity index (χ1) is 14.9. The fourth-order valence-electron chi connectivity index (χ4n) is 2.66. The molecule has 0 atom stereocenters. The average Bonchev–Trinajstić information content (AvgIpc) is 2.74. The van der Waals surface area contributed by atoms with Crippen LogP contribution in [0.15, 0.2) is 48.5 Å². The molecule has 0 aliphatic heterocycles. The van der Waals surface area contributed by atoms with Crippen LogP contribution in [0.5, 0.6) is 5.75 Å². The highest BCUT2D eigenvalue weighted by atomic mass is 16.5. The Morgan fingerprint density at radius 2 is 1.58 bits per heavy atom. The number of nitrogens with one attached hydrogen (secondary N) is 2. The number of carbonyl (C=O) groups excluding carboxylic acids is 4. The SMILES string of the molecule is CCOc1ccccc1NC(=O)COC(=O)CCCC(=O)Nc1ccc(C(C)=O)cc1. The molecule has 2 aromatic carbocycles. The second-order valence-corrected chi connectivity index (χ2v) is 6.67. The van der Waals surface area contributed by atoms with Gasteiger partial charge in [0.2, 0.25) is 5.91 Å². The Morgan fingerprint density at radius 3 is 2.26 bits per heavy atom. The molecule has 0 fully saturated rings. The van der Waals surface area contributed by atoms with Gasteiger partial charge in [-0.25, -0.2) is 0 Å². The highest BCUT2D eigenvalue weighted by molar-refractivity contribution is 5.96. The third-order valence-corrected chi connectivity index (χ3v) is 4.19. The van der Waals surface area contributed by atoms with Crippen molar-refractivity contribution >= 4 is 34.9 Å². The molecule has 0 unspecified atom stereocenters. The molecule has 0 aromatic heterocycles. The van der Waals surface area contributed by atoms with Gasteiger partial charge in [-0.2, -0.15) is 0 Å². The van der Waals surface area contributed by atoms with E-state index < -0.39 is 18.5 Å². The lowest BCUT2D eigenvalue weighted by Crippen LogP contribution is -2.21. The van der Waals surface area contributed by atoms with Crippen LogP contribution in [0.3, 0.4) is 0 Å². The summed E-state index contributed by atoms with van der Waals surface area (Å²) in [4.78, 5) is 47.0. The number of hydrogen-bond donors (Lipinski definition) is 2. The minimum absolute atomic E-state index is 0.0134. The van der Waals surface area contributed by atoms with E-state index in [9.17, 15) is 19.2 Å². The van der Waals surface area contributed by atoms with Crippen molar-refractivity contribution in [2.75, 3.05) is 23.8 Å². The van der Waals surface area contributed by atoms with Gasteiger partial charge < -0.3 is 20.1 Å². The van der Waals surface area contributed by atoms with Gasteiger partial charge in [0, 0.05) is 24.1 Å². The first-order valence-corrected chi connectivity index (χ1v) is 9.97. The first kappa shape index (κ1) is 23.6. The van der Waals surface area contributed by atoms with Crippen LogP contribution in [0, 0.1) is 0 Å². The van der Waals surface area contributed by atoms with Gasteiger partial charge in [0.05, 0.1) is 12.3 Å². The number of ketones is 1. The molecular formula is C23H26N2O6. The number of amides is 2. The Balaban J connectivity index is 1.67. The second-order valence-electron chi connectivity index (χ2n) is 6.67. The van der Waals surface area contributed by atoms with Gasteiger partial charge in [0.15, 0.2) is 12.4 Å². The number of esters is 1. The van der Waals surface area contributed by atoms with Crippen molar-refractivity contribution in [1.82, 2.24) is 0 Å². The number of rotatable bonds is 11. The maximum absolute atomic E-state index is 12.0. The van der Waals surface area contributed by atoms with Gasteiger partial charge in [0.1, 0.15) is 5.75 Å². The number of benzene rings is 2. The molecule has 0 spiro atoms. The molecule has 8 heteroatoms. The molecule has 0 heterocycles. The predicted molar refractivity (Wildman–Crippen MR) is 116 cm³/mol. The summed E-state index contributed by atoms with van der Waals surface area (Å²) in [5.74, 6) is -0.817. The molecular weight excluding hydrogens is 400 g/mol. The van der Waals surface area contributed by atoms with E-state index in [4.69, 9.17) is 9.47 Å². The summed E-state index contributed by atoms with van der Waals surface area (Å²) in [5.41, 5.74) is 1.63. The lowest BCUT2D eigenvalue weighted by Gasteiger charge is -2.11. The number of Topliss-reactive ketones (excluding diaryl/α,β-unsaturated/α-hetero) is 1. The fraction of sp³-hybridized carbons (Fsp3) is 0.304. The predicted octanol–water partition coefficient (Wildman–Crippen LogP) is 3.58. The van der Waals surface area contributed by atoms with Crippen molar-refractivity contribution in [3.05, 3.63) is 54.1 Å². The van der Waals surface area contributed by atoms with Crippen molar-refractivity contribution in [1.29, 1.82) is 0 Å². The Morgan fingerprint density at radius 1 is 0.871 bits per heavy atom. The van der Waals surface area contributed by atoms with E-state index in [1.807, 2.05) is 6.92 Å². The van der Waals surface area contributed by atoms with Crippen LogP contribution in [0.2, 0.25) is 0 Å². The second kappa shape index (κ2) is 12.1. The van der Waals surface area contributed by atoms with Crippen LogP contribution >= 0.6 is 0 Å². The smallest absolute Gasteiger partial charge is 0.306 e. The average molecular weight is 426 g/mol. The van der Waals surface area contributed by atoms with Gasteiger partial charge in [-0.1, -0.05) is 12.1 Å². The molecule has 0 saturated heterocycles.